The molecule has 0 spiro atoms. The smallest absolute Gasteiger partial charge is 0.158 e. The van der Waals surface area contributed by atoms with Crippen molar-refractivity contribution in [2.24, 2.45) is 0 Å². The number of carbonyl (C=O) groups excluding carboxylic acids is 1. The van der Waals surface area contributed by atoms with Crippen LogP contribution in [0.2, 0.25) is 0 Å². The quantitative estimate of drug-likeness (QED) is 0.760. The van der Waals surface area contributed by atoms with E-state index in [1.807, 2.05) is 25.3 Å². The van der Waals surface area contributed by atoms with Crippen molar-refractivity contribution in [1.82, 2.24) is 14.6 Å². The van der Waals surface area contributed by atoms with Gasteiger partial charge in [-0.3, -0.25) is 0 Å². The lowest BCUT2D eigenvalue weighted by Crippen LogP contribution is -1.96. The second kappa shape index (κ2) is 3.81. The Labute approximate surface area is 87.9 Å². The first-order chi connectivity index (χ1) is 7.16. The van der Waals surface area contributed by atoms with Crippen molar-refractivity contribution in [2.75, 3.05) is 0 Å². The number of nitrogens with zero attached hydrogens (tertiary/aromatic N) is 3. The minimum Gasteiger partial charge on any atom is -0.300 e. The number of rotatable bonds is 3. The third-order valence-electron chi connectivity index (χ3n) is 2.30. The van der Waals surface area contributed by atoms with Crippen molar-refractivity contribution < 1.29 is 4.79 Å². The number of aromatic nitrogens is 3. The second-order valence-electron chi connectivity index (χ2n) is 3.69. The molecule has 0 aliphatic heterocycles. The number of fused-ring (bicyclic) bond motifs is 1. The van der Waals surface area contributed by atoms with E-state index in [1.165, 1.54) is 0 Å². The maximum absolute atomic E-state index is 10.8. The topological polar surface area (TPSA) is 47.3 Å². The highest BCUT2D eigenvalue weighted by Gasteiger charge is 2.05. The highest BCUT2D eigenvalue weighted by Crippen LogP contribution is 2.08. The predicted octanol–water partition coefficient (Wildman–Crippen LogP) is 1.56. The number of aryl methyl sites for hydroxylation is 2. The van der Waals surface area contributed by atoms with Crippen molar-refractivity contribution in [2.45, 2.75) is 26.7 Å². The van der Waals surface area contributed by atoms with E-state index in [1.54, 1.807) is 11.4 Å². The van der Waals surface area contributed by atoms with E-state index in [0.717, 1.165) is 17.0 Å². The van der Waals surface area contributed by atoms with Crippen molar-refractivity contribution in [3.63, 3.8) is 0 Å². The molecule has 0 aliphatic rings. The zero-order valence-electron chi connectivity index (χ0n) is 8.90. The summed E-state index contributed by atoms with van der Waals surface area (Å²) in [6.07, 6.45) is 3.00. The van der Waals surface area contributed by atoms with Crippen LogP contribution in [0.25, 0.3) is 5.65 Å². The molecule has 0 fully saturated rings. The third kappa shape index (κ3) is 2.03. The molecule has 0 saturated carbocycles. The van der Waals surface area contributed by atoms with E-state index in [0.29, 0.717) is 12.8 Å². The summed E-state index contributed by atoms with van der Waals surface area (Å²) in [7, 11) is 0. The lowest BCUT2D eigenvalue weighted by atomic mass is 10.2. The molecule has 78 valence electrons. The Morgan fingerprint density at radius 2 is 2.33 bits per heavy atom. The molecule has 2 heterocycles. The molecule has 0 radical (unpaired) electrons. The molecule has 0 N–H and O–H groups in total. The molecular formula is C11H13N3O. The summed E-state index contributed by atoms with van der Waals surface area (Å²) < 4.78 is 1.75. The van der Waals surface area contributed by atoms with Crippen LogP contribution in [0, 0.1) is 6.92 Å². The van der Waals surface area contributed by atoms with Crippen LogP contribution < -0.4 is 0 Å². The molecule has 0 aromatic carbocycles. The largest absolute Gasteiger partial charge is 0.300 e. The Bertz CT molecular complexity index is 502. The minimum atomic E-state index is 0.172. The third-order valence-corrected chi connectivity index (χ3v) is 2.30. The van der Waals surface area contributed by atoms with Crippen molar-refractivity contribution in [1.29, 1.82) is 0 Å². The van der Waals surface area contributed by atoms with E-state index in [4.69, 9.17) is 0 Å². The van der Waals surface area contributed by atoms with Gasteiger partial charge in [0.2, 0.25) is 0 Å². The van der Waals surface area contributed by atoms with Crippen LogP contribution in [0.5, 0.6) is 0 Å². The summed E-state index contributed by atoms with van der Waals surface area (Å²) in [5.41, 5.74) is 1.97. The van der Waals surface area contributed by atoms with Crippen LogP contribution in [0.1, 0.15) is 24.7 Å². The van der Waals surface area contributed by atoms with Crippen LogP contribution >= 0.6 is 0 Å². The maximum Gasteiger partial charge on any atom is 0.158 e. The van der Waals surface area contributed by atoms with Gasteiger partial charge in [0, 0.05) is 19.0 Å². The van der Waals surface area contributed by atoms with E-state index in [2.05, 4.69) is 10.1 Å². The lowest BCUT2D eigenvalue weighted by molar-refractivity contribution is -0.117. The summed E-state index contributed by atoms with van der Waals surface area (Å²) in [4.78, 5) is 15.2. The molecule has 4 heteroatoms. The second-order valence-corrected chi connectivity index (χ2v) is 3.69. The molecule has 0 bridgehead atoms. The van der Waals surface area contributed by atoms with E-state index >= 15 is 0 Å². The van der Waals surface area contributed by atoms with Crippen LogP contribution in [0.3, 0.4) is 0 Å². The fourth-order valence-corrected chi connectivity index (χ4v) is 1.48. The van der Waals surface area contributed by atoms with Crippen LogP contribution in [0.4, 0.5) is 0 Å². The normalized spacial score (nSPS) is 10.8. The molecule has 2 rings (SSSR count). The number of carbonyl (C=O) groups is 1. The Hall–Kier alpha value is -1.71. The van der Waals surface area contributed by atoms with E-state index < -0.39 is 0 Å². The molecule has 0 unspecified atom stereocenters. The predicted molar refractivity (Wildman–Crippen MR) is 56.7 cm³/mol. The molecule has 0 aliphatic carbocycles. The zero-order chi connectivity index (χ0) is 10.8. The van der Waals surface area contributed by atoms with Crippen molar-refractivity contribution in [3.8, 4) is 0 Å². The SMILES string of the molecule is CC(=O)CCc1nc2c(C)cccn2n1. The van der Waals surface area contributed by atoms with Gasteiger partial charge in [0.05, 0.1) is 0 Å². The highest BCUT2D eigenvalue weighted by molar-refractivity contribution is 5.75. The first-order valence-electron chi connectivity index (χ1n) is 4.97. The number of hydrogen-bond donors (Lipinski definition) is 0. The van der Waals surface area contributed by atoms with E-state index in [9.17, 15) is 4.79 Å². The van der Waals surface area contributed by atoms with Gasteiger partial charge in [0.15, 0.2) is 11.5 Å². The molecule has 2 aromatic rings. The molecule has 0 saturated heterocycles. The van der Waals surface area contributed by atoms with Crippen molar-refractivity contribution in [3.05, 3.63) is 29.7 Å². The Morgan fingerprint density at radius 1 is 1.53 bits per heavy atom. The van der Waals surface area contributed by atoms with Gasteiger partial charge in [-0.25, -0.2) is 9.50 Å². The van der Waals surface area contributed by atoms with Crippen LogP contribution in [-0.4, -0.2) is 20.4 Å². The number of Topliss-reactive ketones (excluding diaryl/α,β-unsaturated/α-hetero) is 1. The van der Waals surface area contributed by atoms with Gasteiger partial charge in [-0.15, -0.1) is 0 Å². The molecular weight excluding hydrogens is 190 g/mol. The summed E-state index contributed by atoms with van der Waals surface area (Å²) in [5, 5.41) is 4.30. The standard InChI is InChI=1S/C11H13N3O/c1-8-4-3-7-14-11(8)12-10(13-14)6-5-9(2)15/h3-4,7H,5-6H2,1-2H3. The molecule has 0 amide bonds. The van der Waals surface area contributed by atoms with Gasteiger partial charge in [-0.1, -0.05) is 6.07 Å². The number of pyridine rings is 1. The Kier molecular flexibility index (Phi) is 2.49. The first-order valence-corrected chi connectivity index (χ1v) is 4.97. The fraction of sp³-hybridized carbons (Fsp3) is 0.364. The summed E-state index contributed by atoms with van der Waals surface area (Å²) >= 11 is 0. The summed E-state index contributed by atoms with van der Waals surface area (Å²) in [6.45, 7) is 3.58. The summed E-state index contributed by atoms with van der Waals surface area (Å²) in [5.74, 6) is 0.907. The minimum absolute atomic E-state index is 0.172. The molecule has 15 heavy (non-hydrogen) atoms. The van der Waals surface area contributed by atoms with Gasteiger partial charge in [0.1, 0.15) is 5.78 Å². The van der Waals surface area contributed by atoms with Gasteiger partial charge >= 0.3 is 0 Å². The molecule has 2 aromatic heterocycles. The molecule has 0 atom stereocenters. The van der Waals surface area contributed by atoms with Crippen LogP contribution in [-0.2, 0) is 11.2 Å². The lowest BCUT2D eigenvalue weighted by Gasteiger charge is -1.92. The Morgan fingerprint density at radius 3 is 3.00 bits per heavy atom. The first kappa shape index (κ1) is 9.83. The van der Waals surface area contributed by atoms with Gasteiger partial charge in [0.25, 0.3) is 0 Å². The van der Waals surface area contributed by atoms with Gasteiger partial charge in [-0.2, -0.15) is 5.10 Å². The number of ketones is 1. The fourth-order valence-electron chi connectivity index (χ4n) is 1.48. The average molecular weight is 203 g/mol. The zero-order valence-corrected chi connectivity index (χ0v) is 8.90. The summed E-state index contributed by atoms with van der Waals surface area (Å²) in [6, 6.07) is 3.94. The highest BCUT2D eigenvalue weighted by atomic mass is 16.1. The monoisotopic (exact) mass is 203 g/mol. The van der Waals surface area contributed by atoms with E-state index in [-0.39, 0.29) is 5.78 Å². The Balaban J connectivity index is 2.31. The average Bonchev–Trinajstić information content (AvgIpc) is 2.59. The maximum atomic E-state index is 10.8. The number of hydrogen-bond acceptors (Lipinski definition) is 3. The van der Waals surface area contributed by atoms with Crippen LogP contribution in [0.15, 0.2) is 18.3 Å². The van der Waals surface area contributed by atoms with Gasteiger partial charge < -0.3 is 4.79 Å². The molecule has 4 nitrogen and oxygen atoms in total. The van der Waals surface area contributed by atoms with Crippen molar-refractivity contribution >= 4 is 11.4 Å². The van der Waals surface area contributed by atoms with Gasteiger partial charge in [-0.05, 0) is 25.5 Å².